The molecule has 0 aliphatic carbocycles. The Labute approximate surface area is 125 Å². The first-order valence-electron chi connectivity index (χ1n) is 7.26. The Morgan fingerprint density at radius 3 is 2.81 bits per heavy atom. The van der Waals surface area contributed by atoms with Crippen LogP contribution in [0.15, 0.2) is 48.5 Å². The zero-order chi connectivity index (χ0) is 14.7. The van der Waals surface area contributed by atoms with Crippen LogP contribution in [0, 0.1) is 6.92 Å². The highest BCUT2D eigenvalue weighted by Gasteiger charge is 2.25. The van der Waals surface area contributed by atoms with Gasteiger partial charge in [0.15, 0.2) is 0 Å². The number of hydrazine groups is 1. The number of ether oxygens (including phenoxy) is 1. The number of nitrogens with one attached hydrogen (secondary N) is 2. The Bertz CT molecular complexity index is 614. The van der Waals surface area contributed by atoms with Crippen LogP contribution in [0.4, 0.5) is 5.69 Å². The van der Waals surface area contributed by atoms with Gasteiger partial charge in [-0.2, -0.15) is 0 Å². The summed E-state index contributed by atoms with van der Waals surface area (Å²) in [5, 5.41) is 0. The van der Waals surface area contributed by atoms with Gasteiger partial charge in [-0.15, -0.1) is 0 Å². The third-order valence-corrected chi connectivity index (χ3v) is 3.74. The average molecular weight is 283 g/mol. The third kappa shape index (κ3) is 3.54. The second-order valence-corrected chi connectivity index (χ2v) is 5.57. The molecule has 2 aromatic carbocycles. The quantitative estimate of drug-likeness (QED) is 0.755. The first-order valence-corrected chi connectivity index (χ1v) is 7.26. The van der Waals surface area contributed by atoms with Crippen LogP contribution in [0.3, 0.4) is 0 Å². The van der Waals surface area contributed by atoms with E-state index in [2.05, 4.69) is 36.0 Å². The largest absolute Gasteiger partial charge is 0.492 e. The highest BCUT2D eigenvalue weighted by atomic mass is 16.5. The highest BCUT2D eigenvalue weighted by Crippen LogP contribution is 2.24. The Hall–Kier alpha value is -2.04. The number of nitrogens with two attached hydrogens (primary N) is 1. The zero-order valence-corrected chi connectivity index (χ0v) is 12.2. The Morgan fingerprint density at radius 2 is 2.00 bits per heavy atom. The molecule has 21 heavy (non-hydrogen) atoms. The molecule has 2 unspecified atom stereocenters. The standard InChI is InChI=1S/C17H21N3O/c1-12-4-2-7-16(8-12)21-11-15-10-17(20-19-15)13-5-3-6-14(18)9-13/h2-9,15,17,19-20H,10-11,18H2,1H3. The molecule has 0 radical (unpaired) electrons. The lowest BCUT2D eigenvalue weighted by Crippen LogP contribution is -2.34. The van der Waals surface area contributed by atoms with E-state index in [9.17, 15) is 0 Å². The lowest BCUT2D eigenvalue weighted by molar-refractivity contribution is 0.272. The smallest absolute Gasteiger partial charge is 0.119 e. The molecule has 1 aliphatic rings. The van der Waals surface area contributed by atoms with Gasteiger partial charge in [-0.25, -0.2) is 5.43 Å². The molecule has 4 heteroatoms. The Balaban J connectivity index is 1.55. The van der Waals surface area contributed by atoms with Gasteiger partial charge >= 0.3 is 0 Å². The van der Waals surface area contributed by atoms with Crippen LogP contribution >= 0.6 is 0 Å². The summed E-state index contributed by atoms with van der Waals surface area (Å²) < 4.78 is 5.85. The number of rotatable bonds is 4. The summed E-state index contributed by atoms with van der Waals surface area (Å²) in [6.07, 6.45) is 0.981. The fourth-order valence-electron chi connectivity index (χ4n) is 2.63. The molecule has 0 spiro atoms. The number of anilines is 1. The predicted octanol–water partition coefficient (Wildman–Crippen LogP) is 2.56. The van der Waals surface area contributed by atoms with Gasteiger partial charge in [-0.1, -0.05) is 24.3 Å². The molecule has 0 saturated carbocycles. The summed E-state index contributed by atoms with van der Waals surface area (Å²) in [5.41, 5.74) is 15.7. The van der Waals surface area contributed by atoms with E-state index in [4.69, 9.17) is 10.5 Å². The Morgan fingerprint density at radius 1 is 1.14 bits per heavy atom. The predicted molar refractivity (Wildman–Crippen MR) is 84.9 cm³/mol. The number of benzene rings is 2. The van der Waals surface area contributed by atoms with Crippen LogP contribution < -0.4 is 21.3 Å². The van der Waals surface area contributed by atoms with E-state index < -0.39 is 0 Å². The van der Waals surface area contributed by atoms with Gasteiger partial charge < -0.3 is 10.5 Å². The molecule has 2 atom stereocenters. The van der Waals surface area contributed by atoms with Crippen LogP contribution in [0.5, 0.6) is 5.75 Å². The van der Waals surface area contributed by atoms with Crippen LogP contribution in [0.2, 0.25) is 0 Å². The number of aryl methyl sites for hydroxylation is 1. The second-order valence-electron chi connectivity index (χ2n) is 5.57. The lowest BCUT2D eigenvalue weighted by Gasteiger charge is -2.12. The van der Waals surface area contributed by atoms with Crippen molar-refractivity contribution in [3.05, 3.63) is 59.7 Å². The lowest BCUT2D eigenvalue weighted by atomic mass is 10.0. The number of hydrogen-bond donors (Lipinski definition) is 3. The monoisotopic (exact) mass is 283 g/mol. The SMILES string of the molecule is Cc1cccc(OCC2CC(c3cccc(N)c3)NN2)c1. The molecule has 0 amide bonds. The Kier molecular flexibility index (Phi) is 4.08. The maximum absolute atomic E-state index is 5.85. The molecule has 0 aromatic heterocycles. The topological polar surface area (TPSA) is 59.3 Å². The fourth-order valence-corrected chi connectivity index (χ4v) is 2.63. The van der Waals surface area contributed by atoms with Gasteiger partial charge in [0.2, 0.25) is 0 Å². The van der Waals surface area contributed by atoms with Crippen LogP contribution in [0.1, 0.15) is 23.6 Å². The van der Waals surface area contributed by atoms with Crippen LogP contribution in [-0.2, 0) is 0 Å². The molecule has 1 heterocycles. The van der Waals surface area contributed by atoms with Crippen molar-refractivity contribution >= 4 is 5.69 Å². The van der Waals surface area contributed by atoms with Gasteiger partial charge in [0.05, 0.1) is 6.04 Å². The van der Waals surface area contributed by atoms with E-state index in [1.807, 2.05) is 30.3 Å². The first-order chi connectivity index (χ1) is 10.2. The molecule has 1 aliphatic heterocycles. The van der Waals surface area contributed by atoms with Crippen LogP contribution in [0.25, 0.3) is 0 Å². The molecule has 1 saturated heterocycles. The van der Waals surface area contributed by atoms with Gasteiger partial charge in [-0.3, -0.25) is 5.43 Å². The normalized spacial score (nSPS) is 21.4. The van der Waals surface area contributed by atoms with Gasteiger partial charge in [0.1, 0.15) is 12.4 Å². The van der Waals surface area contributed by atoms with Crippen molar-refractivity contribution in [2.45, 2.75) is 25.4 Å². The maximum Gasteiger partial charge on any atom is 0.119 e. The van der Waals surface area contributed by atoms with E-state index in [0.717, 1.165) is 17.9 Å². The number of hydrogen-bond acceptors (Lipinski definition) is 4. The van der Waals surface area contributed by atoms with E-state index in [0.29, 0.717) is 6.61 Å². The minimum Gasteiger partial charge on any atom is -0.492 e. The van der Waals surface area contributed by atoms with E-state index in [1.54, 1.807) is 0 Å². The summed E-state index contributed by atoms with van der Waals surface area (Å²) in [6, 6.07) is 16.7. The molecule has 3 rings (SSSR count). The van der Waals surface area contributed by atoms with Crippen molar-refractivity contribution in [3.8, 4) is 5.75 Å². The van der Waals surface area contributed by atoms with Crippen molar-refractivity contribution in [2.75, 3.05) is 12.3 Å². The first kappa shape index (κ1) is 13.9. The molecule has 2 aromatic rings. The summed E-state index contributed by atoms with van der Waals surface area (Å²) in [5.74, 6) is 0.921. The molecular weight excluding hydrogens is 262 g/mol. The van der Waals surface area contributed by atoms with E-state index in [-0.39, 0.29) is 12.1 Å². The van der Waals surface area contributed by atoms with Gasteiger partial charge in [0, 0.05) is 11.7 Å². The minimum atomic E-state index is 0.277. The van der Waals surface area contributed by atoms with Crippen molar-refractivity contribution in [3.63, 3.8) is 0 Å². The van der Waals surface area contributed by atoms with Crippen LogP contribution in [-0.4, -0.2) is 12.6 Å². The molecule has 0 bridgehead atoms. The summed E-state index contributed by atoms with van der Waals surface area (Å²) >= 11 is 0. The zero-order valence-electron chi connectivity index (χ0n) is 12.2. The summed E-state index contributed by atoms with van der Waals surface area (Å²) in [6.45, 7) is 2.72. The number of nitrogen functional groups attached to an aromatic ring is 1. The molecule has 1 fully saturated rings. The second kappa shape index (κ2) is 6.16. The highest BCUT2D eigenvalue weighted by molar-refractivity contribution is 5.41. The summed E-state index contributed by atoms with van der Waals surface area (Å²) in [4.78, 5) is 0. The van der Waals surface area contributed by atoms with E-state index in [1.165, 1.54) is 11.1 Å². The van der Waals surface area contributed by atoms with Crippen molar-refractivity contribution in [2.24, 2.45) is 0 Å². The fraction of sp³-hybridized carbons (Fsp3) is 0.294. The maximum atomic E-state index is 5.85. The van der Waals surface area contributed by atoms with E-state index >= 15 is 0 Å². The van der Waals surface area contributed by atoms with Crippen molar-refractivity contribution in [1.29, 1.82) is 0 Å². The van der Waals surface area contributed by atoms with Gasteiger partial charge in [0.25, 0.3) is 0 Å². The molecule has 4 N–H and O–H groups in total. The van der Waals surface area contributed by atoms with Crippen molar-refractivity contribution in [1.82, 2.24) is 10.9 Å². The summed E-state index contributed by atoms with van der Waals surface area (Å²) in [7, 11) is 0. The molecular formula is C17H21N3O. The molecule has 110 valence electrons. The third-order valence-electron chi connectivity index (χ3n) is 3.74. The average Bonchev–Trinajstić information content (AvgIpc) is 2.94. The van der Waals surface area contributed by atoms with Crippen molar-refractivity contribution < 1.29 is 4.74 Å². The minimum absolute atomic E-state index is 0.277. The molecule has 4 nitrogen and oxygen atoms in total. The van der Waals surface area contributed by atoms with Gasteiger partial charge in [-0.05, 0) is 48.7 Å².